The molecule has 0 saturated heterocycles. The minimum absolute atomic E-state index is 0.164. The monoisotopic (exact) mass is 454 g/mol. The number of ketones is 1. The number of rotatable bonds is 2. The number of carboxylic acid groups (broad SMARTS) is 1. The van der Waals surface area contributed by atoms with Gasteiger partial charge in [0.15, 0.2) is 0 Å². The molecule has 184 valence electrons. The zero-order valence-electron chi connectivity index (χ0n) is 21.9. The van der Waals surface area contributed by atoms with Gasteiger partial charge in [0.2, 0.25) is 0 Å². The summed E-state index contributed by atoms with van der Waals surface area (Å²) in [5.74, 6) is 2.07. The van der Waals surface area contributed by atoms with E-state index in [1.54, 1.807) is 0 Å². The molecule has 0 aromatic carbocycles. The number of hydrogen-bond donors (Lipinski definition) is 1. The molecule has 3 heteroatoms. The number of carbonyl (C=O) groups excluding carboxylic acids is 1. The molecule has 5 aliphatic rings. The molecular weight excluding hydrogens is 408 g/mol. The van der Waals surface area contributed by atoms with E-state index in [-0.39, 0.29) is 27.6 Å². The molecule has 5 aliphatic carbocycles. The maximum Gasteiger partial charge on any atom is 0.309 e. The zero-order valence-corrected chi connectivity index (χ0v) is 21.9. The highest BCUT2D eigenvalue weighted by Gasteiger charge is 2.72. The lowest BCUT2D eigenvalue weighted by Crippen LogP contribution is -2.66. The Kier molecular flexibility index (Phi) is 4.99. The molecule has 0 unspecified atom stereocenters. The highest BCUT2D eigenvalue weighted by molar-refractivity contribution is 5.85. The predicted octanol–water partition coefficient (Wildman–Crippen LogP) is 7.30. The Morgan fingerprint density at radius 2 is 1.58 bits per heavy atom. The Morgan fingerprint density at radius 3 is 2.21 bits per heavy atom. The van der Waals surface area contributed by atoms with Crippen molar-refractivity contribution in [1.29, 1.82) is 0 Å². The molecule has 0 radical (unpaired) electrons. The van der Waals surface area contributed by atoms with E-state index in [1.807, 2.05) is 0 Å². The van der Waals surface area contributed by atoms with Crippen molar-refractivity contribution in [1.82, 2.24) is 0 Å². The summed E-state index contributed by atoms with van der Waals surface area (Å²) in [6.07, 6.45) is 10.1. The number of aliphatic carboxylic acids is 1. The van der Waals surface area contributed by atoms with Gasteiger partial charge in [-0.1, -0.05) is 46.8 Å². The molecule has 5 fully saturated rings. The van der Waals surface area contributed by atoms with Gasteiger partial charge in [-0.2, -0.15) is 0 Å². The van der Waals surface area contributed by atoms with Gasteiger partial charge in [0.25, 0.3) is 0 Å². The summed E-state index contributed by atoms with van der Waals surface area (Å²) in [7, 11) is 0. The minimum atomic E-state index is -0.547. The van der Waals surface area contributed by atoms with Crippen LogP contribution in [-0.2, 0) is 9.59 Å². The van der Waals surface area contributed by atoms with E-state index in [9.17, 15) is 14.7 Å². The van der Waals surface area contributed by atoms with Gasteiger partial charge < -0.3 is 5.11 Å². The second kappa shape index (κ2) is 6.97. The Morgan fingerprint density at radius 1 is 0.879 bits per heavy atom. The van der Waals surface area contributed by atoms with E-state index in [4.69, 9.17) is 0 Å². The first-order valence-corrected chi connectivity index (χ1v) is 13.7. The third-order valence-corrected chi connectivity index (χ3v) is 13.2. The van der Waals surface area contributed by atoms with E-state index in [0.717, 1.165) is 51.4 Å². The van der Waals surface area contributed by atoms with Crippen LogP contribution in [0.15, 0.2) is 12.2 Å². The van der Waals surface area contributed by atoms with Crippen molar-refractivity contribution in [3.63, 3.8) is 0 Å². The Balaban J connectivity index is 1.57. The molecule has 0 aromatic rings. The SMILES string of the molecule is C=C(C)[C@H]1CC[C@]2(C(=O)O)CC[C@]3(C)[C@H](CC[C@@H]4[C@@]5(C)CCC(=O)C(C)(C)[C@@H]5CC[C@]43C)[C@H]12. The van der Waals surface area contributed by atoms with Gasteiger partial charge in [0.1, 0.15) is 5.78 Å². The van der Waals surface area contributed by atoms with Crippen molar-refractivity contribution in [2.24, 2.45) is 56.7 Å². The van der Waals surface area contributed by atoms with Crippen LogP contribution in [0.1, 0.15) is 106 Å². The normalized spacial score (nSPS) is 52.8. The quantitative estimate of drug-likeness (QED) is 0.445. The van der Waals surface area contributed by atoms with Gasteiger partial charge in [0, 0.05) is 11.8 Å². The van der Waals surface area contributed by atoms with Crippen molar-refractivity contribution < 1.29 is 14.7 Å². The van der Waals surface area contributed by atoms with Crippen molar-refractivity contribution >= 4 is 11.8 Å². The molecule has 33 heavy (non-hydrogen) atoms. The molecule has 0 bridgehead atoms. The number of carbonyl (C=O) groups is 2. The molecule has 0 heterocycles. The van der Waals surface area contributed by atoms with Crippen LogP contribution in [0.5, 0.6) is 0 Å². The lowest BCUT2D eigenvalue weighted by Gasteiger charge is -2.72. The van der Waals surface area contributed by atoms with Crippen molar-refractivity contribution in [3.05, 3.63) is 12.2 Å². The molecule has 0 amide bonds. The molecule has 5 saturated carbocycles. The number of hydrogen-bond acceptors (Lipinski definition) is 2. The molecule has 9 atom stereocenters. The molecule has 1 N–H and O–H groups in total. The summed E-state index contributed by atoms with van der Waals surface area (Å²) < 4.78 is 0. The predicted molar refractivity (Wildman–Crippen MR) is 132 cm³/mol. The lowest BCUT2D eigenvalue weighted by molar-refractivity contribution is -0.235. The first kappa shape index (κ1) is 23.6. The minimum Gasteiger partial charge on any atom is -0.481 e. The number of fused-ring (bicyclic) bond motifs is 7. The summed E-state index contributed by atoms with van der Waals surface area (Å²) in [6, 6.07) is 0. The second-order valence-electron chi connectivity index (χ2n) is 14.3. The van der Waals surface area contributed by atoms with Crippen LogP contribution in [0.25, 0.3) is 0 Å². The van der Waals surface area contributed by atoms with Gasteiger partial charge in [0.05, 0.1) is 5.41 Å². The summed E-state index contributed by atoms with van der Waals surface area (Å²) in [4.78, 5) is 25.7. The topological polar surface area (TPSA) is 54.4 Å². The van der Waals surface area contributed by atoms with Crippen LogP contribution in [0.3, 0.4) is 0 Å². The lowest BCUT2D eigenvalue weighted by atomic mass is 9.32. The van der Waals surface area contributed by atoms with Crippen LogP contribution in [0, 0.1) is 56.7 Å². The standard InChI is InChI=1S/C30H46O3/c1-18(2)19-10-15-30(25(32)33)17-16-28(6)20(24(19)30)8-9-22-27(5)13-12-23(31)26(3,4)21(27)11-14-29(22,28)7/h19-22,24H,1,8-17H2,2-7H3,(H,32,33)/t19-,20-,21+,22-,24+,27+,28-,29-,30+/m1/s1. The maximum absolute atomic E-state index is 12.9. The van der Waals surface area contributed by atoms with Crippen LogP contribution < -0.4 is 0 Å². The highest BCUT2D eigenvalue weighted by atomic mass is 16.4. The molecule has 0 aliphatic heterocycles. The number of carboxylic acids is 1. The Bertz CT molecular complexity index is 902. The third kappa shape index (κ3) is 2.69. The van der Waals surface area contributed by atoms with Gasteiger partial charge >= 0.3 is 5.97 Å². The largest absolute Gasteiger partial charge is 0.481 e. The molecule has 0 aromatic heterocycles. The van der Waals surface area contributed by atoms with Gasteiger partial charge in [-0.15, -0.1) is 0 Å². The van der Waals surface area contributed by atoms with Crippen LogP contribution in [-0.4, -0.2) is 16.9 Å². The van der Waals surface area contributed by atoms with E-state index in [2.05, 4.69) is 48.1 Å². The number of Topliss-reactive ketones (excluding diaryl/α,β-unsaturated/α-hetero) is 1. The van der Waals surface area contributed by atoms with Crippen molar-refractivity contribution in [2.45, 2.75) is 106 Å². The fraction of sp³-hybridized carbons (Fsp3) is 0.867. The first-order valence-electron chi connectivity index (χ1n) is 13.7. The summed E-state index contributed by atoms with van der Waals surface area (Å²) in [5.41, 5.74) is 1.03. The van der Waals surface area contributed by atoms with Crippen LogP contribution in [0.4, 0.5) is 0 Å². The van der Waals surface area contributed by atoms with E-state index in [0.29, 0.717) is 29.5 Å². The van der Waals surface area contributed by atoms with E-state index in [1.165, 1.54) is 18.4 Å². The Hall–Kier alpha value is -1.12. The first-order chi connectivity index (χ1) is 15.3. The van der Waals surface area contributed by atoms with E-state index >= 15 is 0 Å². The smallest absolute Gasteiger partial charge is 0.309 e. The molecule has 3 nitrogen and oxygen atoms in total. The average Bonchev–Trinajstić information content (AvgIpc) is 3.13. The molecular formula is C30H46O3. The second-order valence-corrected chi connectivity index (χ2v) is 14.3. The molecule has 5 rings (SSSR count). The van der Waals surface area contributed by atoms with E-state index < -0.39 is 11.4 Å². The highest BCUT2D eigenvalue weighted by Crippen LogP contribution is 2.77. The van der Waals surface area contributed by atoms with Gasteiger partial charge in [-0.05, 0) is 111 Å². The number of allylic oxidation sites excluding steroid dienone is 1. The maximum atomic E-state index is 12.9. The summed E-state index contributed by atoms with van der Waals surface area (Å²) >= 11 is 0. The summed E-state index contributed by atoms with van der Waals surface area (Å²) in [5, 5.41) is 10.5. The van der Waals surface area contributed by atoms with Crippen molar-refractivity contribution in [3.8, 4) is 0 Å². The van der Waals surface area contributed by atoms with Crippen LogP contribution in [0.2, 0.25) is 0 Å². The fourth-order valence-electron chi connectivity index (χ4n) is 11.3. The summed E-state index contributed by atoms with van der Waals surface area (Å²) in [6.45, 7) is 18.5. The van der Waals surface area contributed by atoms with Crippen molar-refractivity contribution in [2.75, 3.05) is 0 Å². The van der Waals surface area contributed by atoms with Gasteiger partial charge in [-0.3, -0.25) is 9.59 Å². The van der Waals surface area contributed by atoms with Crippen LogP contribution >= 0.6 is 0 Å². The fourth-order valence-corrected chi connectivity index (χ4v) is 11.3. The molecule has 0 spiro atoms. The third-order valence-electron chi connectivity index (χ3n) is 13.2. The average molecular weight is 455 g/mol. The zero-order chi connectivity index (χ0) is 24.2. The van der Waals surface area contributed by atoms with Gasteiger partial charge in [-0.25, -0.2) is 0 Å². The Labute approximate surface area is 201 Å².